The second-order valence-electron chi connectivity index (χ2n) is 6.54. The van der Waals surface area contributed by atoms with Crippen LogP contribution in [0.2, 0.25) is 10.0 Å². The van der Waals surface area contributed by atoms with Crippen molar-refractivity contribution in [2.24, 2.45) is 0 Å². The first-order chi connectivity index (χ1) is 14.0. The van der Waals surface area contributed by atoms with Gasteiger partial charge in [-0.2, -0.15) is 0 Å². The molecule has 2 aromatic rings. The number of urea groups is 1. The minimum atomic E-state index is -0.285. The maximum absolute atomic E-state index is 12.8. The molecule has 1 heterocycles. The van der Waals surface area contributed by atoms with E-state index in [0.717, 1.165) is 25.7 Å². The van der Waals surface area contributed by atoms with Gasteiger partial charge in [0.05, 0.1) is 22.3 Å². The molecule has 0 radical (unpaired) electrons. The molecule has 6 nitrogen and oxygen atoms in total. The molecule has 1 aromatic carbocycles. The fourth-order valence-electron chi connectivity index (χ4n) is 2.52. The molecule has 0 aliphatic heterocycles. The van der Waals surface area contributed by atoms with Crippen LogP contribution in [-0.2, 0) is 6.54 Å². The van der Waals surface area contributed by atoms with Gasteiger partial charge in [-0.1, -0.05) is 56.0 Å². The number of anilines is 1. The van der Waals surface area contributed by atoms with E-state index in [4.69, 9.17) is 23.2 Å². The normalized spacial score (nSPS) is 10.6. The second kappa shape index (κ2) is 12.0. The van der Waals surface area contributed by atoms with Gasteiger partial charge in [-0.05, 0) is 25.0 Å². The summed E-state index contributed by atoms with van der Waals surface area (Å²) in [5.41, 5.74) is 0.843. The summed E-state index contributed by atoms with van der Waals surface area (Å²) >= 11 is 13.6. The number of hydrogen-bond donors (Lipinski definition) is 2. The Bertz CT molecular complexity index is 829. The Labute approximate surface area is 185 Å². The lowest BCUT2D eigenvalue weighted by atomic mass is 10.3. The van der Waals surface area contributed by atoms with E-state index in [9.17, 15) is 9.59 Å². The van der Waals surface area contributed by atoms with Crippen molar-refractivity contribution < 1.29 is 9.59 Å². The van der Waals surface area contributed by atoms with Gasteiger partial charge in [0, 0.05) is 18.5 Å². The van der Waals surface area contributed by atoms with Crippen molar-refractivity contribution in [3.63, 3.8) is 0 Å². The monoisotopic (exact) mass is 456 g/mol. The molecule has 0 aliphatic rings. The van der Waals surface area contributed by atoms with Gasteiger partial charge in [-0.15, -0.1) is 11.3 Å². The molecule has 9 heteroatoms. The molecule has 0 unspecified atom stereocenters. The van der Waals surface area contributed by atoms with Gasteiger partial charge in [0.25, 0.3) is 5.91 Å². The van der Waals surface area contributed by atoms with Crippen LogP contribution in [0, 0.1) is 0 Å². The summed E-state index contributed by atoms with van der Waals surface area (Å²) in [6.45, 7) is 5.65. The summed E-state index contributed by atoms with van der Waals surface area (Å²) in [6, 6.07) is 4.81. The Hall–Kier alpha value is -1.83. The molecule has 158 valence electrons. The maximum Gasteiger partial charge on any atom is 0.322 e. The molecule has 0 aliphatic carbocycles. The summed E-state index contributed by atoms with van der Waals surface area (Å²) in [6.07, 6.45) is 3.75. The van der Waals surface area contributed by atoms with Crippen molar-refractivity contribution in [1.29, 1.82) is 0 Å². The highest BCUT2D eigenvalue weighted by Crippen LogP contribution is 2.29. The van der Waals surface area contributed by atoms with Gasteiger partial charge in [0.2, 0.25) is 0 Å². The van der Waals surface area contributed by atoms with Crippen LogP contribution in [0.5, 0.6) is 0 Å². The number of unbranched alkanes of at least 4 members (excludes halogenated alkanes) is 2. The van der Waals surface area contributed by atoms with Crippen molar-refractivity contribution in [1.82, 2.24) is 15.2 Å². The number of amides is 3. The zero-order valence-electron chi connectivity index (χ0n) is 16.6. The number of carbonyl (C=O) groups is 2. The quantitative estimate of drug-likeness (QED) is 0.442. The minimum absolute atomic E-state index is 0.184. The number of nitrogens with zero attached hydrogens (tertiary/aromatic N) is 2. The van der Waals surface area contributed by atoms with Crippen LogP contribution in [0.15, 0.2) is 23.6 Å². The highest BCUT2D eigenvalue weighted by atomic mass is 35.5. The average Bonchev–Trinajstić information content (AvgIpc) is 3.17. The van der Waals surface area contributed by atoms with Crippen molar-refractivity contribution in [2.75, 3.05) is 18.4 Å². The fraction of sp³-hybridized carbons (Fsp3) is 0.450. The third-order valence-electron chi connectivity index (χ3n) is 4.19. The molecule has 1 aromatic heterocycles. The molecule has 2 N–H and O–H groups in total. The Balaban J connectivity index is 2.05. The van der Waals surface area contributed by atoms with E-state index in [1.807, 2.05) is 0 Å². The first-order valence-electron chi connectivity index (χ1n) is 9.68. The summed E-state index contributed by atoms with van der Waals surface area (Å²) in [5.74, 6) is -0.184. The van der Waals surface area contributed by atoms with Crippen LogP contribution >= 0.6 is 34.5 Å². The van der Waals surface area contributed by atoms with E-state index in [-0.39, 0.29) is 11.9 Å². The zero-order chi connectivity index (χ0) is 21.2. The van der Waals surface area contributed by atoms with E-state index in [0.29, 0.717) is 46.1 Å². The van der Waals surface area contributed by atoms with Crippen LogP contribution in [0.1, 0.15) is 55.0 Å². The van der Waals surface area contributed by atoms with Crippen molar-refractivity contribution in [3.05, 3.63) is 44.3 Å². The van der Waals surface area contributed by atoms with Gasteiger partial charge < -0.3 is 15.5 Å². The highest BCUT2D eigenvalue weighted by Gasteiger charge is 2.18. The van der Waals surface area contributed by atoms with Crippen LogP contribution in [-0.4, -0.2) is 34.9 Å². The number of carbonyl (C=O) groups excluding carboxylic acids is 2. The predicted molar refractivity (Wildman–Crippen MR) is 120 cm³/mol. The molecule has 2 rings (SSSR count). The van der Waals surface area contributed by atoms with Gasteiger partial charge in [0.1, 0.15) is 10.7 Å². The molecule has 29 heavy (non-hydrogen) atoms. The lowest BCUT2D eigenvalue weighted by Gasteiger charge is -2.22. The van der Waals surface area contributed by atoms with Gasteiger partial charge in [0.15, 0.2) is 0 Å². The highest BCUT2D eigenvalue weighted by molar-refractivity contribution is 7.09. The topological polar surface area (TPSA) is 74.3 Å². The molecule has 0 spiro atoms. The first-order valence-corrected chi connectivity index (χ1v) is 11.3. The first kappa shape index (κ1) is 23.4. The number of nitrogens with one attached hydrogen (secondary N) is 2. The van der Waals surface area contributed by atoms with E-state index < -0.39 is 0 Å². The summed E-state index contributed by atoms with van der Waals surface area (Å²) in [5, 5.41) is 8.77. The summed E-state index contributed by atoms with van der Waals surface area (Å²) < 4.78 is 0. The van der Waals surface area contributed by atoms with E-state index in [2.05, 4.69) is 29.5 Å². The number of thiazole rings is 1. The van der Waals surface area contributed by atoms with E-state index >= 15 is 0 Å². The van der Waals surface area contributed by atoms with Crippen LogP contribution in [0.25, 0.3) is 0 Å². The van der Waals surface area contributed by atoms with Crippen molar-refractivity contribution in [3.8, 4) is 0 Å². The summed E-state index contributed by atoms with van der Waals surface area (Å²) in [4.78, 5) is 31.0. The third kappa shape index (κ3) is 7.17. The number of rotatable bonds is 10. The Morgan fingerprint density at radius 1 is 1.17 bits per heavy atom. The van der Waals surface area contributed by atoms with Crippen LogP contribution < -0.4 is 10.6 Å². The fourth-order valence-corrected chi connectivity index (χ4v) is 3.65. The molecule has 0 saturated heterocycles. The van der Waals surface area contributed by atoms with Crippen LogP contribution in [0.3, 0.4) is 0 Å². The van der Waals surface area contributed by atoms with Gasteiger partial charge in [-0.25, -0.2) is 9.78 Å². The summed E-state index contributed by atoms with van der Waals surface area (Å²) in [7, 11) is 0. The predicted octanol–water partition coefficient (Wildman–Crippen LogP) is 5.81. The number of benzene rings is 1. The molecule has 0 saturated carbocycles. The zero-order valence-corrected chi connectivity index (χ0v) is 19.0. The third-order valence-corrected chi connectivity index (χ3v) is 5.84. The lowest BCUT2D eigenvalue weighted by Crippen LogP contribution is -2.35. The van der Waals surface area contributed by atoms with Crippen LogP contribution in [0.4, 0.5) is 10.5 Å². The Morgan fingerprint density at radius 3 is 2.66 bits per heavy atom. The number of halogens is 2. The van der Waals surface area contributed by atoms with Gasteiger partial charge >= 0.3 is 6.03 Å². The Kier molecular flexibility index (Phi) is 9.70. The van der Waals surface area contributed by atoms with E-state index in [1.54, 1.807) is 28.5 Å². The SMILES string of the molecule is CCCCNC(=O)c1csc(CN(CCCC)C(=O)Nc2cccc(Cl)c2Cl)n1. The molecule has 3 amide bonds. The molecule has 0 bridgehead atoms. The molecule has 0 atom stereocenters. The average molecular weight is 457 g/mol. The van der Waals surface area contributed by atoms with Crippen molar-refractivity contribution in [2.45, 2.75) is 46.1 Å². The standard InChI is InChI=1S/C20H26Cl2N4O2S/c1-3-5-10-23-19(27)16-13-29-17(24-16)12-26(11-6-4-2)20(28)25-15-9-7-8-14(21)18(15)22/h7-9,13H,3-6,10-12H2,1-2H3,(H,23,27)(H,25,28). The van der Waals surface area contributed by atoms with Gasteiger partial charge in [-0.3, -0.25) is 4.79 Å². The maximum atomic E-state index is 12.8. The lowest BCUT2D eigenvalue weighted by molar-refractivity contribution is 0.0948. The van der Waals surface area contributed by atoms with E-state index in [1.165, 1.54) is 11.3 Å². The Morgan fingerprint density at radius 2 is 1.93 bits per heavy atom. The molecule has 0 fully saturated rings. The molecular formula is C20H26Cl2N4O2S. The van der Waals surface area contributed by atoms with Crippen molar-refractivity contribution >= 4 is 52.2 Å². The smallest absolute Gasteiger partial charge is 0.322 e. The number of aromatic nitrogens is 1. The molecular weight excluding hydrogens is 431 g/mol. The largest absolute Gasteiger partial charge is 0.351 e. The second-order valence-corrected chi connectivity index (χ2v) is 8.27. The number of hydrogen-bond acceptors (Lipinski definition) is 4. The minimum Gasteiger partial charge on any atom is -0.351 e.